The van der Waals surface area contributed by atoms with E-state index in [-0.39, 0.29) is 22.3 Å². The summed E-state index contributed by atoms with van der Waals surface area (Å²) >= 11 is 7.03. The third-order valence-corrected chi connectivity index (χ3v) is 7.80. The Hall–Kier alpha value is -0.830. The van der Waals surface area contributed by atoms with Crippen molar-refractivity contribution in [2.24, 2.45) is 5.92 Å². The first-order chi connectivity index (χ1) is 11.2. The molecule has 0 radical (unpaired) electrons. The van der Waals surface area contributed by atoms with Crippen LogP contribution in [0.15, 0.2) is 10.3 Å². The first-order valence-corrected chi connectivity index (χ1v) is 10.6. The van der Waals surface area contributed by atoms with Gasteiger partial charge < -0.3 is 9.64 Å². The molecule has 6 nitrogen and oxygen atoms in total. The standard InChI is InChI=1S/C15H23ClN2O4S2/c1-4-22-15(19)18-7-5-12(6-8-18)11(3)17-24(20,21)13-9-10(2)14(16)23-13/h9,11-12,17H,4-8H2,1-3H3. The van der Waals surface area contributed by atoms with Gasteiger partial charge in [0.1, 0.15) is 4.21 Å². The predicted octanol–water partition coefficient (Wildman–Crippen LogP) is 3.25. The highest BCUT2D eigenvalue weighted by molar-refractivity contribution is 7.91. The molecule has 1 N–H and O–H groups in total. The lowest BCUT2D eigenvalue weighted by atomic mass is 9.91. The summed E-state index contributed by atoms with van der Waals surface area (Å²) in [6.45, 7) is 6.95. The van der Waals surface area contributed by atoms with Crippen molar-refractivity contribution >= 4 is 39.1 Å². The van der Waals surface area contributed by atoms with Crippen LogP contribution in [0.4, 0.5) is 4.79 Å². The summed E-state index contributed by atoms with van der Waals surface area (Å²) in [7, 11) is -3.57. The lowest BCUT2D eigenvalue weighted by Gasteiger charge is -2.34. The Balaban J connectivity index is 1.93. The van der Waals surface area contributed by atoms with Crippen LogP contribution < -0.4 is 4.72 Å². The molecular weight excluding hydrogens is 372 g/mol. The monoisotopic (exact) mass is 394 g/mol. The van der Waals surface area contributed by atoms with Gasteiger partial charge in [0.25, 0.3) is 0 Å². The SMILES string of the molecule is CCOC(=O)N1CCC(C(C)NS(=O)(=O)c2cc(C)c(Cl)s2)CC1. The van der Waals surface area contributed by atoms with E-state index in [4.69, 9.17) is 16.3 Å². The zero-order valence-corrected chi connectivity index (χ0v) is 16.4. The summed E-state index contributed by atoms with van der Waals surface area (Å²) in [5.41, 5.74) is 0.762. The van der Waals surface area contributed by atoms with Crippen molar-refractivity contribution < 1.29 is 17.9 Å². The molecule has 1 unspecified atom stereocenters. The van der Waals surface area contributed by atoms with Crippen molar-refractivity contribution in [1.82, 2.24) is 9.62 Å². The molecule has 2 heterocycles. The van der Waals surface area contributed by atoms with Crippen LogP contribution in [0.5, 0.6) is 0 Å². The molecule has 0 spiro atoms. The van der Waals surface area contributed by atoms with Gasteiger partial charge in [0, 0.05) is 19.1 Å². The Labute approximate surface area is 152 Å². The average molecular weight is 395 g/mol. The number of hydrogen-bond acceptors (Lipinski definition) is 5. The van der Waals surface area contributed by atoms with Gasteiger partial charge in [0.05, 0.1) is 10.9 Å². The molecule has 136 valence electrons. The highest BCUT2D eigenvalue weighted by atomic mass is 35.5. The highest BCUT2D eigenvalue weighted by Gasteiger charge is 2.30. The number of hydrogen-bond donors (Lipinski definition) is 1. The third kappa shape index (κ3) is 4.62. The maximum absolute atomic E-state index is 12.5. The summed E-state index contributed by atoms with van der Waals surface area (Å²) in [5.74, 6) is 0.182. The second-order valence-corrected chi connectivity index (χ2v) is 9.55. The molecule has 0 bridgehead atoms. The minimum Gasteiger partial charge on any atom is -0.450 e. The van der Waals surface area contributed by atoms with E-state index in [0.29, 0.717) is 24.0 Å². The number of likely N-dealkylation sites (tertiary alicyclic amines) is 1. The van der Waals surface area contributed by atoms with Crippen LogP contribution in [0.1, 0.15) is 32.3 Å². The zero-order chi connectivity index (χ0) is 17.9. The maximum atomic E-state index is 12.5. The van der Waals surface area contributed by atoms with Gasteiger partial charge in [-0.3, -0.25) is 0 Å². The number of carbonyl (C=O) groups excluding carboxylic acids is 1. The van der Waals surface area contributed by atoms with Gasteiger partial charge in [-0.2, -0.15) is 0 Å². The summed E-state index contributed by atoms with van der Waals surface area (Å²) in [6, 6.07) is 1.38. The molecule has 1 atom stereocenters. The lowest BCUT2D eigenvalue weighted by Crippen LogP contribution is -2.45. The number of nitrogens with one attached hydrogen (secondary N) is 1. The first-order valence-electron chi connectivity index (χ1n) is 7.94. The first kappa shape index (κ1) is 19.5. The molecule has 1 fully saturated rings. The Bertz CT molecular complexity index is 662. The number of aryl methyl sites for hydroxylation is 1. The van der Waals surface area contributed by atoms with Gasteiger partial charge in [0.15, 0.2) is 0 Å². The van der Waals surface area contributed by atoms with Crippen molar-refractivity contribution in [2.75, 3.05) is 19.7 Å². The molecular formula is C15H23ClN2O4S2. The Morgan fingerprint density at radius 3 is 2.62 bits per heavy atom. The molecule has 1 aromatic heterocycles. The fourth-order valence-electron chi connectivity index (χ4n) is 2.76. The van der Waals surface area contributed by atoms with E-state index in [1.54, 1.807) is 24.8 Å². The average Bonchev–Trinajstić information content (AvgIpc) is 2.87. The number of piperidine rings is 1. The number of carbonyl (C=O) groups is 1. The van der Waals surface area contributed by atoms with Crippen LogP contribution in [-0.2, 0) is 14.8 Å². The second-order valence-electron chi connectivity index (χ2n) is 5.96. The predicted molar refractivity (Wildman–Crippen MR) is 95.2 cm³/mol. The number of nitrogens with zero attached hydrogens (tertiary/aromatic N) is 1. The van der Waals surface area contributed by atoms with Gasteiger partial charge in [-0.1, -0.05) is 11.6 Å². The minimum absolute atomic E-state index is 0.182. The number of thiophene rings is 1. The third-order valence-electron chi connectivity index (χ3n) is 4.21. The molecule has 1 aromatic rings. The normalized spacial score (nSPS) is 17.8. The van der Waals surface area contributed by atoms with Gasteiger partial charge in [-0.15, -0.1) is 11.3 Å². The summed E-state index contributed by atoms with van der Waals surface area (Å²) in [4.78, 5) is 13.4. The number of rotatable bonds is 5. The highest BCUT2D eigenvalue weighted by Crippen LogP contribution is 2.31. The maximum Gasteiger partial charge on any atom is 0.409 e. The molecule has 1 amide bonds. The van der Waals surface area contributed by atoms with E-state index in [2.05, 4.69) is 4.72 Å². The van der Waals surface area contributed by atoms with Crippen LogP contribution in [0.25, 0.3) is 0 Å². The molecule has 1 aliphatic heterocycles. The summed E-state index contributed by atoms with van der Waals surface area (Å²) < 4.78 is 33.4. The zero-order valence-electron chi connectivity index (χ0n) is 14.0. The largest absolute Gasteiger partial charge is 0.450 e. The molecule has 0 aromatic carbocycles. The molecule has 24 heavy (non-hydrogen) atoms. The number of ether oxygens (including phenoxy) is 1. The second kappa shape index (κ2) is 8.03. The lowest BCUT2D eigenvalue weighted by molar-refractivity contribution is 0.0889. The fraction of sp³-hybridized carbons (Fsp3) is 0.667. The number of amides is 1. The molecule has 1 saturated heterocycles. The van der Waals surface area contributed by atoms with Crippen LogP contribution in [0.3, 0.4) is 0 Å². The summed E-state index contributed by atoms with van der Waals surface area (Å²) in [5, 5.41) is 0. The van der Waals surface area contributed by atoms with Crippen molar-refractivity contribution in [3.63, 3.8) is 0 Å². The van der Waals surface area contributed by atoms with Crippen LogP contribution >= 0.6 is 22.9 Å². The van der Waals surface area contributed by atoms with E-state index in [1.165, 1.54) is 0 Å². The van der Waals surface area contributed by atoms with Gasteiger partial charge in [-0.25, -0.2) is 17.9 Å². The Kier molecular flexibility index (Phi) is 6.52. The quantitative estimate of drug-likeness (QED) is 0.831. The minimum atomic E-state index is -3.57. The molecule has 2 rings (SSSR count). The van der Waals surface area contributed by atoms with E-state index < -0.39 is 10.0 Å². The van der Waals surface area contributed by atoms with Crippen LogP contribution in [-0.4, -0.2) is 45.1 Å². The number of sulfonamides is 1. The van der Waals surface area contributed by atoms with E-state index >= 15 is 0 Å². The van der Waals surface area contributed by atoms with Gasteiger partial charge >= 0.3 is 6.09 Å². The molecule has 0 saturated carbocycles. The van der Waals surface area contributed by atoms with E-state index in [0.717, 1.165) is 29.7 Å². The Morgan fingerprint density at radius 2 is 2.12 bits per heavy atom. The van der Waals surface area contributed by atoms with Crippen molar-refractivity contribution in [3.8, 4) is 0 Å². The summed E-state index contributed by atoms with van der Waals surface area (Å²) in [6.07, 6.45) is 1.19. The fourth-order valence-corrected chi connectivity index (χ4v) is 5.80. The molecule has 9 heteroatoms. The van der Waals surface area contributed by atoms with Crippen molar-refractivity contribution in [2.45, 2.75) is 43.9 Å². The van der Waals surface area contributed by atoms with Crippen molar-refractivity contribution in [3.05, 3.63) is 16.0 Å². The van der Waals surface area contributed by atoms with E-state index in [9.17, 15) is 13.2 Å². The van der Waals surface area contributed by atoms with Crippen molar-refractivity contribution in [1.29, 1.82) is 0 Å². The van der Waals surface area contributed by atoms with Crippen LogP contribution in [0.2, 0.25) is 4.34 Å². The topological polar surface area (TPSA) is 75.7 Å². The van der Waals surface area contributed by atoms with Gasteiger partial charge in [-0.05, 0) is 51.2 Å². The van der Waals surface area contributed by atoms with E-state index in [1.807, 2.05) is 6.92 Å². The van der Waals surface area contributed by atoms with Crippen LogP contribution in [0, 0.1) is 12.8 Å². The van der Waals surface area contributed by atoms with Gasteiger partial charge in [0.2, 0.25) is 10.0 Å². The molecule has 0 aliphatic carbocycles. The molecule has 1 aliphatic rings. The number of halogens is 1. The Morgan fingerprint density at radius 1 is 1.50 bits per heavy atom. The smallest absolute Gasteiger partial charge is 0.409 e.